The van der Waals surface area contributed by atoms with Crippen LogP contribution in [0.2, 0.25) is 0 Å². The van der Waals surface area contributed by atoms with Crippen molar-refractivity contribution in [3.63, 3.8) is 0 Å². The summed E-state index contributed by atoms with van der Waals surface area (Å²) < 4.78 is 0. The Hall–Kier alpha value is -0.770. The minimum absolute atomic E-state index is 0.294. The van der Waals surface area contributed by atoms with E-state index in [2.05, 4.69) is 14.7 Å². The van der Waals surface area contributed by atoms with Crippen LogP contribution in [0.4, 0.5) is 4.79 Å². The zero-order chi connectivity index (χ0) is 12.4. The third-order valence-corrected chi connectivity index (χ3v) is 4.80. The van der Waals surface area contributed by atoms with Crippen LogP contribution in [0.1, 0.15) is 38.5 Å². The van der Waals surface area contributed by atoms with Gasteiger partial charge in [0.1, 0.15) is 0 Å². The second kappa shape index (κ2) is 5.47. The highest BCUT2D eigenvalue weighted by atomic mass is 16.2. The molecule has 0 aromatic heterocycles. The van der Waals surface area contributed by atoms with E-state index in [1.165, 1.54) is 38.5 Å². The molecule has 3 rings (SSSR count). The van der Waals surface area contributed by atoms with Crippen LogP contribution >= 0.6 is 0 Å². The Balaban J connectivity index is 1.47. The number of piperazine rings is 1. The number of piperidine rings is 1. The van der Waals surface area contributed by atoms with E-state index in [-0.39, 0.29) is 0 Å². The van der Waals surface area contributed by atoms with Gasteiger partial charge in [-0.25, -0.2) is 4.79 Å². The number of hydrogen-bond acceptors (Lipinski definition) is 2. The van der Waals surface area contributed by atoms with Gasteiger partial charge in [-0.3, -0.25) is 4.90 Å². The monoisotopic (exact) mass is 251 g/mol. The van der Waals surface area contributed by atoms with Crippen LogP contribution < -0.4 is 0 Å². The van der Waals surface area contributed by atoms with Gasteiger partial charge in [-0.05, 0) is 32.1 Å². The Morgan fingerprint density at radius 3 is 1.89 bits per heavy atom. The van der Waals surface area contributed by atoms with Crippen molar-refractivity contribution in [3.8, 4) is 0 Å². The molecule has 1 aliphatic carbocycles. The van der Waals surface area contributed by atoms with Crippen LogP contribution in [0.3, 0.4) is 0 Å². The quantitative estimate of drug-likeness (QED) is 0.710. The number of nitrogens with zero attached hydrogens (tertiary/aromatic N) is 3. The normalized spacial score (nSPS) is 27.1. The Morgan fingerprint density at radius 2 is 1.33 bits per heavy atom. The molecule has 0 bridgehead atoms. The molecule has 0 unspecified atom stereocenters. The number of amides is 2. The van der Waals surface area contributed by atoms with Gasteiger partial charge in [-0.15, -0.1) is 0 Å². The molecule has 0 aromatic carbocycles. The molecular formula is C14H25N3O. The van der Waals surface area contributed by atoms with Crippen molar-refractivity contribution in [1.29, 1.82) is 0 Å². The van der Waals surface area contributed by atoms with Crippen LogP contribution in [-0.4, -0.2) is 66.0 Å². The summed E-state index contributed by atoms with van der Waals surface area (Å²) in [5.74, 6) is 0. The number of carbonyl (C=O) groups excluding carboxylic acids is 1. The van der Waals surface area contributed by atoms with Gasteiger partial charge in [0, 0.05) is 45.3 Å². The summed E-state index contributed by atoms with van der Waals surface area (Å²) in [5, 5.41) is 0. The zero-order valence-corrected chi connectivity index (χ0v) is 11.3. The van der Waals surface area contributed by atoms with E-state index < -0.39 is 0 Å². The first kappa shape index (κ1) is 12.3. The fourth-order valence-electron chi connectivity index (χ4n) is 3.32. The largest absolute Gasteiger partial charge is 0.325 e. The summed E-state index contributed by atoms with van der Waals surface area (Å²) >= 11 is 0. The molecule has 3 fully saturated rings. The average Bonchev–Trinajstić information content (AvgIpc) is 2.38. The van der Waals surface area contributed by atoms with Gasteiger partial charge in [-0.1, -0.05) is 6.42 Å². The van der Waals surface area contributed by atoms with E-state index in [1.807, 2.05) is 0 Å². The molecule has 0 N–H and O–H groups in total. The average molecular weight is 251 g/mol. The number of likely N-dealkylation sites (tertiary alicyclic amines) is 1. The lowest BCUT2D eigenvalue weighted by Crippen LogP contribution is -2.56. The van der Waals surface area contributed by atoms with Gasteiger partial charge in [0.2, 0.25) is 0 Å². The molecule has 1 saturated carbocycles. The van der Waals surface area contributed by atoms with E-state index in [0.29, 0.717) is 6.03 Å². The van der Waals surface area contributed by atoms with E-state index in [9.17, 15) is 4.79 Å². The van der Waals surface area contributed by atoms with E-state index in [0.717, 1.165) is 45.3 Å². The molecule has 4 heteroatoms. The Labute approximate surface area is 110 Å². The Bertz CT molecular complexity index is 289. The standard InChI is InChI=1S/C14H25N3O/c18-14(16-7-2-1-3-8-16)17-11-9-15(10-12-17)13-5-4-6-13/h13H,1-12H2. The van der Waals surface area contributed by atoms with Crippen molar-refractivity contribution in [3.05, 3.63) is 0 Å². The molecular weight excluding hydrogens is 226 g/mol. The van der Waals surface area contributed by atoms with Crippen molar-refractivity contribution in [2.45, 2.75) is 44.6 Å². The van der Waals surface area contributed by atoms with E-state index in [1.54, 1.807) is 0 Å². The lowest BCUT2D eigenvalue weighted by Gasteiger charge is -2.44. The maximum atomic E-state index is 12.3. The lowest BCUT2D eigenvalue weighted by atomic mass is 9.91. The molecule has 4 nitrogen and oxygen atoms in total. The molecule has 2 amide bonds. The van der Waals surface area contributed by atoms with Crippen LogP contribution in [0, 0.1) is 0 Å². The first-order valence-corrected chi connectivity index (χ1v) is 7.62. The number of urea groups is 1. The molecule has 0 aromatic rings. The predicted octanol–water partition coefficient (Wildman–Crippen LogP) is 1.76. The summed E-state index contributed by atoms with van der Waals surface area (Å²) in [7, 11) is 0. The molecule has 0 spiro atoms. The van der Waals surface area contributed by atoms with Crippen molar-refractivity contribution >= 4 is 6.03 Å². The minimum Gasteiger partial charge on any atom is -0.325 e. The number of carbonyl (C=O) groups is 1. The van der Waals surface area contributed by atoms with Gasteiger partial charge in [0.15, 0.2) is 0 Å². The Morgan fingerprint density at radius 1 is 0.722 bits per heavy atom. The highest BCUT2D eigenvalue weighted by molar-refractivity contribution is 5.74. The summed E-state index contributed by atoms with van der Waals surface area (Å²) in [6.45, 7) is 6.00. The fraction of sp³-hybridized carbons (Fsp3) is 0.929. The predicted molar refractivity (Wildman–Crippen MR) is 71.6 cm³/mol. The maximum absolute atomic E-state index is 12.3. The van der Waals surface area contributed by atoms with Gasteiger partial charge in [-0.2, -0.15) is 0 Å². The molecule has 18 heavy (non-hydrogen) atoms. The van der Waals surface area contributed by atoms with Crippen molar-refractivity contribution in [2.24, 2.45) is 0 Å². The second-order valence-corrected chi connectivity index (χ2v) is 5.94. The van der Waals surface area contributed by atoms with Gasteiger partial charge in [0.25, 0.3) is 0 Å². The maximum Gasteiger partial charge on any atom is 0.320 e. The van der Waals surface area contributed by atoms with Crippen LogP contribution in [0.5, 0.6) is 0 Å². The molecule has 2 saturated heterocycles. The number of rotatable bonds is 1. The van der Waals surface area contributed by atoms with Crippen molar-refractivity contribution in [1.82, 2.24) is 14.7 Å². The third-order valence-electron chi connectivity index (χ3n) is 4.80. The van der Waals surface area contributed by atoms with Crippen LogP contribution in [-0.2, 0) is 0 Å². The van der Waals surface area contributed by atoms with Crippen molar-refractivity contribution < 1.29 is 4.79 Å². The van der Waals surface area contributed by atoms with Crippen molar-refractivity contribution in [2.75, 3.05) is 39.3 Å². The first-order chi connectivity index (χ1) is 8.84. The highest BCUT2D eigenvalue weighted by Crippen LogP contribution is 2.25. The van der Waals surface area contributed by atoms with E-state index in [4.69, 9.17) is 0 Å². The number of hydrogen-bond donors (Lipinski definition) is 0. The smallest absolute Gasteiger partial charge is 0.320 e. The van der Waals surface area contributed by atoms with Gasteiger partial charge < -0.3 is 9.80 Å². The molecule has 0 atom stereocenters. The minimum atomic E-state index is 0.294. The summed E-state index contributed by atoms with van der Waals surface area (Å²) in [6, 6.07) is 1.13. The molecule has 2 aliphatic heterocycles. The SMILES string of the molecule is O=C(N1CCCCC1)N1CCN(C2CCC2)CC1. The van der Waals surface area contributed by atoms with E-state index >= 15 is 0 Å². The summed E-state index contributed by atoms with van der Waals surface area (Å²) in [6.07, 6.45) is 7.82. The van der Waals surface area contributed by atoms with Gasteiger partial charge >= 0.3 is 6.03 Å². The second-order valence-electron chi connectivity index (χ2n) is 5.94. The first-order valence-electron chi connectivity index (χ1n) is 7.62. The third kappa shape index (κ3) is 2.48. The molecule has 102 valence electrons. The molecule has 0 radical (unpaired) electrons. The van der Waals surface area contributed by atoms with Gasteiger partial charge in [0.05, 0.1) is 0 Å². The topological polar surface area (TPSA) is 26.8 Å². The Kier molecular flexibility index (Phi) is 3.73. The zero-order valence-electron chi connectivity index (χ0n) is 11.3. The van der Waals surface area contributed by atoms with Crippen LogP contribution in [0.15, 0.2) is 0 Å². The molecule has 2 heterocycles. The molecule has 3 aliphatic rings. The highest BCUT2D eigenvalue weighted by Gasteiger charge is 2.30. The van der Waals surface area contributed by atoms with Crippen LogP contribution in [0.25, 0.3) is 0 Å². The summed E-state index contributed by atoms with van der Waals surface area (Å²) in [5.41, 5.74) is 0. The lowest BCUT2D eigenvalue weighted by molar-refractivity contribution is 0.0617. The fourth-order valence-corrected chi connectivity index (χ4v) is 3.32. The summed E-state index contributed by atoms with van der Waals surface area (Å²) in [4.78, 5) is 19.1.